The Hall–Kier alpha value is -0.820. The van der Waals surface area contributed by atoms with Crippen LogP contribution in [0.25, 0.3) is 0 Å². The van der Waals surface area contributed by atoms with Crippen LogP contribution in [0.15, 0.2) is 0 Å². The normalized spacial score (nSPS) is 24.1. The summed E-state index contributed by atoms with van der Waals surface area (Å²) in [5.74, 6) is -1.07. The molecule has 4 nitrogen and oxygen atoms in total. The molecule has 1 saturated heterocycles. The standard InChI is InChI=1S/C9H14F3NO3/c1-6(7(14)15)13-4-2-8(16,3-5-13)9(10,11)12/h6,16H,2-5H2,1H3,(H,14,15)/t6-/m0/s1. The Labute approximate surface area is 90.7 Å². The minimum absolute atomic E-state index is 0.0660. The number of halogens is 3. The number of carboxylic acid groups (broad SMARTS) is 1. The van der Waals surface area contributed by atoms with Gasteiger partial charge in [-0.25, -0.2) is 0 Å². The fourth-order valence-corrected chi connectivity index (χ4v) is 1.72. The van der Waals surface area contributed by atoms with E-state index in [1.165, 1.54) is 11.8 Å². The van der Waals surface area contributed by atoms with E-state index in [9.17, 15) is 23.1 Å². The third-order valence-electron chi connectivity index (χ3n) is 3.06. The molecule has 0 amide bonds. The van der Waals surface area contributed by atoms with Gasteiger partial charge < -0.3 is 10.2 Å². The molecule has 7 heteroatoms. The number of alkyl halides is 3. The molecule has 1 atom stereocenters. The molecule has 1 fully saturated rings. The van der Waals surface area contributed by atoms with E-state index in [1.54, 1.807) is 0 Å². The van der Waals surface area contributed by atoms with Gasteiger partial charge in [0.2, 0.25) is 0 Å². The minimum atomic E-state index is -4.65. The van der Waals surface area contributed by atoms with Crippen LogP contribution in [0, 0.1) is 0 Å². The van der Waals surface area contributed by atoms with E-state index in [1.807, 2.05) is 0 Å². The van der Waals surface area contributed by atoms with Crippen molar-refractivity contribution in [2.45, 2.75) is 37.6 Å². The zero-order valence-corrected chi connectivity index (χ0v) is 8.79. The van der Waals surface area contributed by atoms with E-state index < -0.39 is 36.6 Å². The van der Waals surface area contributed by atoms with Crippen LogP contribution < -0.4 is 0 Å². The first-order valence-electron chi connectivity index (χ1n) is 4.93. The molecule has 0 spiro atoms. The van der Waals surface area contributed by atoms with E-state index in [0.29, 0.717) is 0 Å². The van der Waals surface area contributed by atoms with Gasteiger partial charge in [0, 0.05) is 13.1 Å². The molecule has 2 N–H and O–H groups in total. The molecule has 0 aromatic rings. The highest BCUT2D eigenvalue weighted by Crippen LogP contribution is 2.38. The van der Waals surface area contributed by atoms with E-state index in [2.05, 4.69) is 0 Å². The van der Waals surface area contributed by atoms with Crippen LogP contribution in [0.2, 0.25) is 0 Å². The zero-order valence-electron chi connectivity index (χ0n) is 8.79. The van der Waals surface area contributed by atoms with Crippen LogP contribution in [0.5, 0.6) is 0 Å². The van der Waals surface area contributed by atoms with E-state index >= 15 is 0 Å². The van der Waals surface area contributed by atoms with Crippen LogP contribution in [0.3, 0.4) is 0 Å². The summed E-state index contributed by atoms with van der Waals surface area (Å²) in [6.45, 7) is 1.28. The molecule has 94 valence electrons. The maximum atomic E-state index is 12.4. The molecule has 0 aromatic heterocycles. The van der Waals surface area contributed by atoms with Gasteiger partial charge in [0.25, 0.3) is 0 Å². The number of piperidine rings is 1. The van der Waals surface area contributed by atoms with Crippen molar-refractivity contribution < 1.29 is 28.2 Å². The number of hydrogen-bond donors (Lipinski definition) is 2. The fraction of sp³-hybridized carbons (Fsp3) is 0.889. The van der Waals surface area contributed by atoms with Crippen molar-refractivity contribution in [3.63, 3.8) is 0 Å². The predicted octanol–water partition coefficient (Wildman–Crippen LogP) is 0.849. The summed E-state index contributed by atoms with van der Waals surface area (Å²) in [5.41, 5.74) is -2.66. The van der Waals surface area contributed by atoms with Crippen molar-refractivity contribution in [2.24, 2.45) is 0 Å². The van der Waals surface area contributed by atoms with Gasteiger partial charge in [-0.3, -0.25) is 9.69 Å². The summed E-state index contributed by atoms with van der Waals surface area (Å²) in [6.07, 6.45) is -5.60. The molecule has 0 aliphatic carbocycles. The van der Waals surface area contributed by atoms with Gasteiger partial charge in [0.05, 0.1) is 0 Å². The highest BCUT2D eigenvalue weighted by molar-refractivity contribution is 5.72. The highest BCUT2D eigenvalue weighted by Gasteiger charge is 2.54. The lowest BCUT2D eigenvalue weighted by Gasteiger charge is -2.40. The Morgan fingerprint density at radius 2 is 1.81 bits per heavy atom. The lowest BCUT2D eigenvalue weighted by atomic mass is 9.90. The van der Waals surface area contributed by atoms with Gasteiger partial charge in [0.15, 0.2) is 5.60 Å². The summed E-state index contributed by atoms with van der Waals surface area (Å²) in [6, 6.07) is -0.821. The number of carbonyl (C=O) groups is 1. The van der Waals surface area contributed by atoms with Gasteiger partial charge in [-0.05, 0) is 19.8 Å². The Balaban J connectivity index is 2.61. The molecule has 1 aliphatic rings. The second-order valence-electron chi connectivity index (χ2n) is 4.08. The number of rotatable bonds is 2. The van der Waals surface area contributed by atoms with Crippen molar-refractivity contribution in [3.8, 4) is 0 Å². The molecule has 16 heavy (non-hydrogen) atoms. The number of carboxylic acids is 1. The molecule has 0 unspecified atom stereocenters. The lowest BCUT2D eigenvalue weighted by Crippen LogP contribution is -2.55. The van der Waals surface area contributed by atoms with Gasteiger partial charge >= 0.3 is 12.1 Å². The van der Waals surface area contributed by atoms with Gasteiger partial charge in [-0.15, -0.1) is 0 Å². The Kier molecular flexibility index (Phi) is 3.49. The molecule has 1 aliphatic heterocycles. The van der Waals surface area contributed by atoms with Crippen molar-refractivity contribution in [1.29, 1.82) is 0 Å². The van der Waals surface area contributed by atoms with Gasteiger partial charge in [-0.2, -0.15) is 13.2 Å². The summed E-state index contributed by atoms with van der Waals surface area (Å²) >= 11 is 0. The van der Waals surface area contributed by atoms with Crippen LogP contribution in [-0.2, 0) is 4.79 Å². The molecule has 1 heterocycles. The predicted molar refractivity (Wildman–Crippen MR) is 48.9 cm³/mol. The average Bonchev–Trinajstić information content (AvgIpc) is 2.16. The molecule has 0 bridgehead atoms. The van der Waals surface area contributed by atoms with Crippen LogP contribution in [0.4, 0.5) is 13.2 Å². The van der Waals surface area contributed by atoms with Crippen molar-refractivity contribution >= 4 is 5.97 Å². The minimum Gasteiger partial charge on any atom is -0.480 e. The second-order valence-corrected chi connectivity index (χ2v) is 4.08. The van der Waals surface area contributed by atoms with Crippen LogP contribution >= 0.6 is 0 Å². The van der Waals surface area contributed by atoms with Crippen LogP contribution in [-0.4, -0.2) is 52.0 Å². The van der Waals surface area contributed by atoms with Gasteiger partial charge in [0.1, 0.15) is 6.04 Å². The Morgan fingerprint density at radius 3 is 2.12 bits per heavy atom. The summed E-state index contributed by atoms with van der Waals surface area (Å²) in [4.78, 5) is 12.0. The smallest absolute Gasteiger partial charge is 0.417 e. The first kappa shape index (κ1) is 13.2. The third kappa shape index (κ3) is 2.46. The molecular weight excluding hydrogens is 227 g/mol. The first-order chi connectivity index (χ1) is 7.17. The van der Waals surface area contributed by atoms with Gasteiger partial charge in [-0.1, -0.05) is 0 Å². The molecule has 1 rings (SSSR count). The number of aliphatic carboxylic acids is 1. The average molecular weight is 241 g/mol. The van der Waals surface area contributed by atoms with E-state index in [4.69, 9.17) is 5.11 Å². The largest absolute Gasteiger partial charge is 0.480 e. The number of aliphatic hydroxyl groups is 1. The maximum absolute atomic E-state index is 12.4. The van der Waals surface area contributed by atoms with Crippen molar-refractivity contribution in [3.05, 3.63) is 0 Å². The number of likely N-dealkylation sites (tertiary alicyclic amines) is 1. The number of hydrogen-bond acceptors (Lipinski definition) is 3. The SMILES string of the molecule is C[C@@H](C(=O)O)N1CCC(O)(C(F)(F)F)CC1. The summed E-state index contributed by atoms with van der Waals surface area (Å²) < 4.78 is 37.3. The fourth-order valence-electron chi connectivity index (χ4n) is 1.72. The first-order valence-corrected chi connectivity index (χ1v) is 4.93. The maximum Gasteiger partial charge on any atom is 0.417 e. The highest BCUT2D eigenvalue weighted by atomic mass is 19.4. The Bertz CT molecular complexity index is 272. The lowest BCUT2D eigenvalue weighted by molar-refractivity contribution is -0.273. The summed E-state index contributed by atoms with van der Waals surface area (Å²) in [5, 5.41) is 18.0. The molecule has 0 radical (unpaired) electrons. The van der Waals surface area contributed by atoms with E-state index in [0.717, 1.165) is 0 Å². The van der Waals surface area contributed by atoms with Crippen molar-refractivity contribution in [2.75, 3.05) is 13.1 Å². The quantitative estimate of drug-likeness (QED) is 0.752. The molecule has 0 saturated carbocycles. The molecule has 0 aromatic carbocycles. The second kappa shape index (κ2) is 4.21. The number of nitrogens with zero attached hydrogens (tertiary/aromatic N) is 1. The third-order valence-corrected chi connectivity index (χ3v) is 3.06. The zero-order chi connectivity index (χ0) is 12.6. The summed E-state index contributed by atoms with van der Waals surface area (Å²) in [7, 11) is 0. The molecular formula is C9H14F3NO3. The van der Waals surface area contributed by atoms with Crippen molar-refractivity contribution in [1.82, 2.24) is 4.90 Å². The van der Waals surface area contributed by atoms with Crippen LogP contribution in [0.1, 0.15) is 19.8 Å². The van der Waals surface area contributed by atoms with E-state index in [-0.39, 0.29) is 13.1 Å². The Morgan fingerprint density at radius 1 is 1.38 bits per heavy atom. The monoisotopic (exact) mass is 241 g/mol. The topological polar surface area (TPSA) is 60.8 Å².